The predicted molar refractivity (Wildman–Crippen MR) is 72.9 cm³/mol. The van der Waals surface area contributed by atoms with Crippen LogP contribution in [0, 0.1) is 0 Å². The van der Waals surface area contributed by atoms with Crippen LogP contribution in [0.25, 0.3) is 0 Å². The highest BCUT2D eigenvalue weighted by Crippen LogP contribution is 2.18. The highest BCUT2D eigenvalue weighted by atomic mass is 35.5. The molecule has 2 aromatic rings. The van der Waals surface area contributed by atoms with E-state index in [1.807, 2.05) is 19.1 Å². The second-order valence-electron chi connectivity index (χ2n) is 4.17. The molecule has 0 saturated carbocycles. The Morgan fingerprint density at radius 1 is 1.42 bits per heavy atom. The third-order valence-electron chi connectivity index (χ3n) is 2.84. The summed E-state index contributed by atoms with van der Waals surface area (Å²) >= 11 is 5.79. The summed E-state index contributed by atoms with van der Waals surface area (Å²) in [6, 6.07) is 7.22. The second kappa shape index (κ2) is 6.38. The quantitative estimate of drug-likeness (QED) is 0.854. The molecule has 2 rings (SSSR count). The van der Waals surface area contributed by atoms with E-state index in [1.165, 1.54) is 0 Å². The summed E-state index contributed by atoms with van der Waals surface area (Å²) in [6.07, 6.45) is 3.97. The van der Waals surface area contributed by atoms with E-state index in [1.54, 1.807) is 24.5 Å². The number of aromatic nitrogens is 2. The zero-order valence-electron chi connectivity index (χ0n) is 10.6. The molecule has 1 N–H and O–H groups in total. The number of rotatable bonds is 5. The number of aromatic amines is 1. The zero-order chi connectivity index (χ0) is 13.7. The molecule has 0 radical (unpaired) electrons. The van der Waals surface area contributed by atoms with Crippen molar-refractivity contribution in [1.82, 2.24) is 9.97 Å². The number of H-pyrrole nitrogens is 1. The molecule has 0 aliphatic rings. The summed E-state index contributed by atoms with van der Waals surface area (Å²) in [6.45, 7) is 2.17. The van der Waals surface area contributed by atoms with Crippen LogP contribution in [0.15, 0.2) is 36.7 Å². The van der Waals surface area contributed by atoms with Gasteiger partial charge in [0.2, 0.25) is 0 Å². The van der Waals surface area contributed by atoms with Crippen LogP contribution in [0.3, 0.4) is 0 Å². The highest BCUT2D eigenvalue weighted by molar-refractivity contribution is 6.30. The van der Waals surface area contributed by atoms with Crippen molar-refractivity contribution in [3.8, 4) is 0 Å². The van der Waals surface area contributed by atoms with Crippen molar-refractivity contribution in [2.24, 2.45) is 0 Å². The first kappa shape index (κ1) is 13.6. The summed E-state index contributed by atoms with van der Waals surface area (Å²) in [4.78, 5) is 19.1. The standard InChI is InChI=1S/C14H15ClN2O2/c1-2-12(13-16-7-8-17-13)14(18)19-9-10-3-5-11(15)6-4-10/h3-8,12H,2,9H2,1H3,(H,16,17). The Labute approximate surface area is 116 Å². The lowest BCUT2D eigenvalue weighted by molar-refractivity contribution is -0.147. The van der Waals surface area contributed by atoms with E-state index >= 15 is 0 Å². The lowest BCUT2D eigenvalue weighted by Gasteiger charge is -2.12. The van der Waals surface area contributed by atoms with Crippen molar-refractivity contribution in [3.63, 3.8) is 0 Å². The van der Waals surface area contributed by atoms with Gasteiger partial charge < -0.3 is 9.72 Å². The highest BCUT2D eigenvalue weighted by Gasteiger charge is 2.22. The molecular formula is C14H15ClN2O2. The van der Waals surface area contributed by atoms with Gasteiger partial charge in [-0.2, -0.15) is 0 Å². The Kier molecular flexibility index (Phi) is 4.58. The van der Waals surface area contributed by atoms with Gasteiger partial charge in [0.25, 0.3) is 0 Å². The van der Waals surface area contributed by atoms with Gasteiger partial charge in [-0.05, 0) is 24.1 Å². The van der Waals surface area contributed by atoms with Crippen molar-refractivity contribution < 1.29 is 9.53 Å². The monoisotopic (exact) mass is 278 g/mol. The van der Waals surface area contributed by atoms with Crippen LogP contribution < -0.4 is 0 Å². The van der Waals surface area contributed by atoms with Crippen LogP contribution in [-0.4, -0.2) is 15.9 Å². The van der Waals surface area contributed by atoms with Gasteiger partial charge in [0.05, 0.1) is 0 Å². The Morgan fingerprint density at radius 3 is 2.74 bits per heavy atom. The minimum atomic E-state index is -0.345. The molecule has 100 valence electrons. The third kappa shape index (κ3) is 3.58. The number of nitrogens with one attached hydrogen (secondary N) is 1. The first-order valence-corrected chi connectivity index (χ1v) is 6.49. The molecule has 1 heterocycles. The molecular weight excluding hydrogens is 264 g/mol. The molecule has 0 spiro atoms. The summed E-state index contributed by atoms with van der Waals surface area (Å²) < 4.78 is 5.30. The molecule has 1 atom stereocenters. The number of imidazole rings is 1. The zero-order valence-corrected chi connectivity index (χ0v) is 11.4. The van der Waals surface area contributed by atoms with Crippen LogP contribution >= 0.6 is 11.6 Å². The normalized spacial score (nSPS) is 12.1. The Balaban J connectivity index is 1.95. The topological polar surface area (TPSA) is 55.0 Å². The smallest absolute Gasteiger partial charge is 0.316 e. The minimum Gasteiger partial charge on any atom is -0.460 e. The average molecular weight is 279 g/mol. The molecule has 0 amide bonds. The maximum atomic E-state index is 12.0. The molecule has 0 aliphatic carbocycles. The fourth-order valence-electron chi connectivity index (χ4n) is 1.78. The van der Waals surface area contributed by atoms with Crippen LogP contribution in [0.5, 0.6) is 0 Å². The Hall–Kier alpha value is -1.81. The lowest BCUT2D eigenvalue weighted by atomic mass is 10.1. The largest absolute Gasteiger partial charge is 0.460 e. The summed E-state index contributed by atoms with van der Waals surface area (Å²) in [5, 5.41) is 0.664. The molecule has 0 aliphatic heterocycles. The van der Waals surface area contributed by atoms with Gasteiger partial charge in [-0.1, -0.05) is 30.7 Å². The maximum Gasteiger partial charge on any atom is 0.316 e. The van der Waals surface area contributed by atoms with E-state index in [0.29, 0.717) is 17.3 Å². The SMILES string of the molecule is CCC(C(=O)OCc1ccc(Cl)cc1)c1ncc[nH]1. The molecule has 5 heteroatoms. The predicted octanol–water partition coefficient (Wildman–Crippen LogP) is 3.30. The maximum absolute atomic E-state index is 12.0. The van der Waals surface area contributed by atoms with Gasteiger partial charge in [-0.15, -0.1) is 0 Å². The molecule has 0 bridgehead atoms. The fourth-order valence-corrected chi connectivity index (χ4v) is 1.90. The van der Waals surface area contributed by atoms with E-state index in [4.69, 9.17) is 16.3 Å². The van der Waals surface area contributed by atoms with E-state index in [2.05, 4.69) is 9.97 Å². The Morgan fingerprint density at radius 2 is 2.16 bits per heavy atom. The number of halogens is 1. The van der Waals surface area contributed by atoms with E-state index < -0.39 is 0 Å². The first-order chi connectivity index (χ1) is 9.20. The van der Waals surface area contributed by atoms with Crippen LogP contribution in [-0.2, 0) is 16.1 Å². The first-order valence-electron chi connectivity index (χ1n) is 6.11. The van der Waals surface area contributed by atoms with E-state index in [9.17, 15) is 4.79 Å². The van der Waals surface area contributed by atoms with Crippen molar-refractivity contribution in [2.75, 3.05) is 0 Å². The summed E-state index contributed by atoms with van der Waals surface area (Å²) in [7, 11) is 0. The third-order valence-corrected chi connectivity index (χ3v) is 3.09. The Bertz CT molecular complexity index is 523. The summed E-state index contributed by atoms with van der Waals surface area (Å²) in [5.41, 5.74) is 0.909. The molecule has 19 heavy (non-hydrogen) atoms. The van der Waals surface area contributed by atoms with E-state index in [0.717, 1.165) is 5.56 Å². The number of nitrogens with zero attached hydrogens (tertiary/aromatic N) is 1. The number of hydrogen-bond acceptors (Lipinski definition) is 3. The summed E-state index contributed by atoms with van der Waals surface area (Å²) in [5.74, 6) is 0.0262. The second-order valence-corrected chi connectivity index (χ2v) is 4.61. The number of hydrogen-bond donors (Lipinski definition) is 1. The van der Waals surface area contributed by atoms with Crippen LogP contribution in [0.2, 0.25) is 5.02 Å². The molecule has 1 aromatic heterocycles. The fraction of sp³-hybridized carbons (Fsp3) is 0.286. The molecule has 4 nitrogen and oxygen atoms in total. The van der Waals surface area contributed by atoms with Gasteiger partial charge in [0.15, 0.2) is 0 Å². The number of esters is 1. The lowest BCUT2D eigenvalue weighted by Crippen LogP contribution is -2.16. The molecule has 1 unspecified atom stereocenters. The van der Waals surface area contributed by atoms with Crippen molar-refractivity contribution >= 4 is 17.6 Å². The number of benzene rings is 1. The number of carbonyl (C=O) groups is 1. The number of ether oxygens (including phenoxy) is 1. The van der Waals surface area contributed by atoms with Gasteiger partial charge in [0, 0.05) is 17.4 Å². The van der Waals surface area contributed by atoms with Crippen LogP contribution in [0.4, 0.5) is 0 Å². The molecule has 0 fully saturated rings. The van der Waals surface area contributed by atoms with Crippen molar-refractivity contribution in [2.45, 2.75) is 25.9 Å². The van der Waals surface area contributed by atoms with Gasteiger partial charge in [-0.3, -0.25) is 4.79 Å². The van der Waals surface area contributed by atoms with Gasteiger partial charge >= 0.3 is 5.97 Å². The van der Waals surface area contributed by atoms with Crippen molar-refractivity contribution in [1.29, 1.82) is 0 Å². The average Bonchev–Trinajstić information content (AvgIpc) is 2.93. The van der Waals surface area contributed by atoms with Crippen molar-refractivity contribution in [3.05, 3.63) is 53.1 Å². The van der Waals surface area contributed by atoms with Gasteiger partial charge in [-0.25, -0.2) is 4.98 Å². The number of carbonyl (C=O) groups excluding carboxylic acids is 1. The van der Waals surface area contributed by atoms with Crippen LogP contribution in [0.1, 0.15) is 30.7 Å². The van der Waals surface area contributed by atoms with Gasteiger partial charge in [0.1, 0.15) is 18.3 Å². The molecule has 1 aromatic carbocycles. The minimum absolute atomic E-state index is 0.243. The van der Waals surface area contributed by atoms with E-state index in [-0.39, 0.29) is 18.5 Å². The molecule has 0 saturated heterocycles.